The van der Waals surface area contributed by atoms with Crippen LogP contribution in [0.3, 0.4) is 0 Å². The summed E-state index contributed by atoms with van der Waals surface area (Å²) in [7, 11) is 0. The van der Waals surface area contributed by atoms with Crippen LogP contribution in [0.15, 0.2) is 6.07 Å². The number of likely N-dealkylation sites (tertiary alicyclic amines) is 1. The smallest absolute Gasteiger partial charge is 0.410 e. The van der Waals surface area contributed by atoms with Crippen molar-refractivity contribution < 1.29 is 24.2 Å². The standard InChI is InChI=1S/C15H18Cl2N2O5/c1-15(2,3)24-14(22)19-5-4-8(7-19)23-12-11(13(20)21)9(16)6-10(17)18-12/h6,8H,4-5,7H2,1-3H3,(H,20,21)/t8-/m0/s1. The molecule has 1 amide bonds. The van der Waals surface area contributed by atoms with E-state index in [2.05, 4.69) is 4.98 Å². The molecule has 0 saturated carbocycles. The number of ether oxygens (including phenoxy) is 2. The lowest BCUT2D eigenvalue weighted by Crippen LogP contribution is -2.36. The summed E-state index contributed by atoms with van der Waals surface area (Å²) in [6.07, 6.45) is -0.341. The van der Waals surface area contributed by atoms with Gasteiger partial charge in [-0.05, 0) is 26.8 Å². The Bertz CT molecular complexity index is 660. The molecule has 0 aromatic carbocycles. The average molecular weight is 377 g/mol. The fourth-order valence-corrected chi connectivity index (χ4v) is 2.72. The summed E-state index contributed by atoms with van der Waals surface area (Å²) in [6.45, 7) is 6.06. The number of carboxylic acids is 1. The van der Waals surface area contributed by atoms with Crippen molar-refractivity contribution >= 4 is 35.3 Å². The zero-order valence-electron chi connectivity index (χ0n) is 13.5. The summed E-state index contributed by atoms with van der Waals surface area (Å²) in [4.78, 5) is 28.8. The molecule has 9 heteroatoms. The van der Waals surface area contributed by atoms with Crippen LogP contribution in [0.25, 0.3) is 0 Å². The molecule has 1 saturated heterocycles. The van der Waals surface area contributed by atoms with E-state index in [1.54, 1.807) is 20.8 Å². The molecule has 1 fully saturated rings. The van der Waals surface area contributed by atoms with Gasteiger partial charge in [-0.1, -0.05) is 23.2 Å². The van der Waals surface area contributed by atoms with Crippen LogP contribution < -0.4 is 4.74 Å². The van der Waals surface area contributed by atoms with Crippen molar-refractivity contribution in [1.82, 2.24) is 9.88 Å². The maximum absolute atomic E-state index is 12.0. The van der Waals surface area contributed by atoms with E-state index in [0.717, 1.165) is 0 Å². The molecule has 0 bridgehead atoms. The van der Waals surface area contributed by atoms with Crippen LogP contribution in [-0.2, 0) is 4.74 Å². The van der Waals surface area contributed by atoms with Gasteiger partial charge in [0, 0.05) is 13.0 Å². The van der Waals surface area contributed by atoms with Crippen LogP contribution in [0.4, 0.5) is 4.79 Å². The highest BCUT2D eigenvalue weighted by Crippen LogP contribution is 2.30. The Balaban J connectivity index is 2.09. The molecule has 0 radical (unpaired) electrons. The second-order valence-corrected chi connectivity index (χ2v) is 7.16. The molecule has 1 aromatic heterocycles. The number of amides is 1. The van der Waals surface area contributed by atoms with Crippen molar-refractivity contribution in [3.05, 3.63) is 21.8 Å². The number of carboxylic acid groups (broad SMARTS) is 1. The highest BCUT2D eigenvalue weighted by atomic mass is 35.5. The molecular formula is C15H18Cl2N2O5. The van der Waals surface area contributed by atoms with Crippen LogP contribution >= 0.6 is 23.2 Å². The minimum atomic E-state index is -1.26. The summed E-state index contributed by atoms with van der Waals surface area (Å²) in [5, 5.41) is 9.22. The fourth-order valence-electron chi connectivity index (χ4n) is 2.22. The lowest BCUT2D eigenvalue weighted by Gasteiger charge is -2.24. The van der Waals surface area contributed by atoms with Gasteiger partial charge in [0.25, 0.3) is 0 Å². The Kier molecular flexibility index (Phi) is 5.45. The van der Waals surface area contributed by atoms with Gasteiger partial charge in [-0.15, -0.1) is 0 Å². The number of aromatic carboxylic acids is 1. The van der Waals surface area contributed by atoms with Gasteiger partial charge in [0.1, 0.15) is 22.4 Å². The van der Waals surface area contributed by atoms with Gasteiger partial charge < -0.3 is 19.5 Å². The second-order valence-electron chi connectivity index (χ2n) is 6.37. The molecule has 2 rings (SSSR count). The van der Waals surface area contributed by atoms with Crippen LogP contribution in [-0.4, -0.2) is 51.8 Å². The van der Waals surface area contributed by atoms with E-state index < -0.39 is 23.8 Å². The van der Waals surface area contributed by atoms with Crippen molar-refractivity contribution in [2.75, 3.05) is 13.1 Å². The largest absolute Gasteiger partial charge is 0.477 e. The van der Waals surface area contributed by atoms with Crippen LogP contribution in [0.2, 0.25) is 10.2 Å². The summed E-state index contributed by atoms with van der Waals surface area (Å²) in [6, 6.07) is 1.24. The summed E-state index contributed by atoms with van der Waals surface area (Å²) >= 11 is 11.7. The molecule has 1 aliphatic rings. The molecule has 0 unspecified atom stereocenters. The first kappa shape index (κ1) is 18.6. The Morgan fingerprint density at radius 3 is 2.62 bits per heavy atom. The number of nitrogens with zero attached hydrogens (tertiary/aromatic N) is 2. The molecule has 0 aliphatic carbocycles. The highest BCUT2D eigenvalue weighted by Gasteiger charge is 2.32. The number of carbonyl (C=O) groups is 2. The Morgan fingerprint density at radius 2 is 2.04 bits per heavy atom. The summed E-state index contributed by atoms with van der Waals surface area (Å²) in [5.41, 5.74) is -0.842. The van der Waals surface area contributed by atoms with Crippen molar-refractivity contribution in [1.29, 1.82) is 0 Å². The third kappa shape index (κ3) is 4.64. The maximum atomic E-state index is 12.0. The van der Waals surface area contributed by atoms with Gasteiger partial charge in [0.2, 0.25) is 5.88 Å². The predicted octanol–water partition coefficient (Wildman–Crippen LogP) is 3.47. The number of aromatic nitrogens is 1. The quantitative estimate of drug-likeness (QED) is 0.812. The molecule has 1 aromatic rings. The predicted molar refractivity (Wildman–Crippen MR) is 88.1 cm³/mol. The average Bonchev–Trinajstić information content (AvgIpc) is 2.83. The lowest BCUT2D eigenvalue weighted by molar-refractivity contribution is 0.0273. The van der Waals surface area contributed by atoms with Gasteiger partial charge >= 0.3 is 12.1 Å². The van der Waals surface area contributed by atoms with E-state index in [4.69, 9.17) is 32.7 Å². The van der Waals surface area contributed by atoms with E-state index in [9.17, 15) is 14.7 Å². The van der Waals surface area contributed by atoms with Crippen LogP contribution in [0.5, 0.6) is 5.88 Å². The van der Waals surface area contributed by atoms with Gasteiger partial charge in [-0.2, -0.15) is 0 Å². The minimum Gasteiger partial charge on any atom is -0.477 e. The summed E-state index contributed by atoms with van der Waals surface area (Å²) in [5.74, 6) is -1.42. The number of halogens is 2. The van der Waals surface area contributed by atoms with E-state index in [-0.39, 0.29) is 28.2 Å². The van der Waals surface area contributed by atoms with Crippen molar-refractivity contribution in [3.8, 4) is 5.88 Å². The Labute approximate surface area is 149 Å². The third-order valence-electron chi connectivity index (χ3n) is 3.20. The van der Waals surface area contributed by atoms with Gasteiger partial charge in [-0.25, -0.2) is 14.6 Å². The Morgan fingerprint density at radius 1 is 1.38 bits per heavy atom. The van der Waals surface area contributed by atoms with E-state index in [1.165, 1.54) is 11.0 Å². The number of hydrogen-bond donors (Lipinski definition) is 1. The fraction of sp³-hybridized carbons (Fsp3) is 0.533. The number of carbonyl (C=O) groups excluding carboxylic acids is 1. The van der Waals surface area contributed by atoms with Gasteiger partial charge in [0.05, 0.1) is 11.6 Å². The molecular weight excluding hydrogens is 359 g/mol. The van der Waals surface area contributed by atoms with E-state index in [0.29, 0.717) is 13.0 Å². The van der Waals surface area contributed by atoms with E-state index in [1.807, 2.05) is 0 Å². The second kappa shape index (κ2) is 7.03. The molecule has 1 atom stereocenters. The zero-order chi connectivity index (χ0) is 18.1. The third-order valence-corrected chi connectivity index (χ3v) is 3.69. The SMILES string of the molecule is CC(C)(C)OC(=O)N1CC[C@H](Oc2nc(Cl)cc(Cl)c2C(=O)O)C1. The monoisotopic (exact) mass is 376 g/mol. The number of hydrogen-bond acceptors (Lipinski definition) is 5. The minimum absolute atomic E-state index is 0.0296. The molecule has 24 heavy (non-hydrogen) atoms. The van der Waals surface area contributed by atoms with Crippen molar-refractivity contribution in [2.24, 2.45) is 0 Å². The first-order valence-corrected chi connectivity index (χ1v) is 8.06. The topological polar surface area (TPSA) is 89.0 Å². The van der Waals surface area contributed by atoms with Crippen molar-refractivity contribution in [2.45, 2.75) is 38.9 Å². The molecule has 1 aliphatic heterocycles. The van der Waals surface area contributed by atoms with Crippen molar-refractivity contribution in [3.63, 3.8) is 0 Å². The molecule has 1 N–H and O–H groups in total. The van der Waals surface area contributed by atoms with Gasteiger partial charge in [0.15, 0.2) is 0 Å². The first-order chi connectivity index (χ1) is 11.1. The molecule has 7 nitrogen and oxygen atoms in total. The zero-order valence-corrected chi connectivity index (χ0v) is 15.0. The number of rotatable bonds is 3. The first-order valence-electron chi connectivity index (χ1n) is 7.31. The maximum Gasteiger partial charge on any atom is 0.410 e. The molecule has 132 valence electrons. The lowest BCUT2D eigenvalue weighted by atomic mass is 10.2. The molecule has 0 spiro atoms. The van der Waals surface area contributed by atoms with Crippen LogP contribution in [0, 0.1) is 0 Å². The summed E-state index contributed by atoms with van der Waals surface area (Å²) < 4.78 is 10.9. The van der Waals surface area contributed by atoms with Gasteiger partial charge in [-0.3, -0.25) is 0 Å². The molecule has 2 heterocycles. The Hall–Kier alpha value is -1.73. The number of pyridine rings is 1. The van der Waals surface area contributed by atoms with Crippen LogP contribution in [0.1, 0.15) is 37.6 Å². The van der Waals surface area contributed by atoms with E-state index >= 15 is 0 Å². The normalized spacial score (nSPS) is 17.7. The highest BCUT2D eigenvalue weighted by molar-refractivity contribution is 6.36.